The second kappa shape index (κ2) is 4.78. The van der Waals surface area contributed by atoms with E-state index in [1.54, 1.807) is 12.1 Å². The van der Waals surface area contributed by atoms with Crippen LogP contribution in [-0.2, 0) is 0 Å². The Hall–Kier alpha value is -2.47. The number of aliphatic hydroxyl groups excluding tert-OH is 1. The third-order valence-corrected chi connectivity index (χ3v) is 3.91. The first-order valence-electron chi connectivity index (χ1n) is 7.08. The minimum atomic E-state index is -0.318. The van der Waals surface area contributed by atoms with Crippen LogP contribution < -0.4 is 4.90 Å². The van der Waals surface area contributed by atoms with Crippen LogP contribution in [0.3, 0.4) is 0 Å². The first-order valence-corrected chi connectivity index (χ1v) is 7.08. The summed E-state index contributed by atoms with van der Waals surface area (Å²) >= 11 is 0. The Morgan fingerprint density at radius 3 is 2.68 bits per heavy atom. The zero-order chi connectivity index (χ0) is 15.3. The van der Waals surface area contributed by atoms with E-state index < -0.39 is 0 Å². The number of rotatable bonds is 2. The molecule has 0 unspecified atom stereocenters. The molecule has 22 heavy (non-hydrogen) atoms. The van der Waals surface area contributed by atoms with Crippen LogP contribution in [-0.4, -0.2) is 34.4 Å². The maximum Gasteiger partial charge on any atom is 0.208 e. The van der Waals surface area contributed by atoms with Gasteiger partial charge in [0.2, 0.25) is 5.58 Å². The standard InChI is InChI=1S/C16H14FN3O2/c1-9-15-16(22-19-9)14(20-7-12(21)8-20)6-13(18-15)10-2-4-11(17)5-3-10/h2-6,12,21H,7-8H2,1H3. The zero-order valence-corrected chi connectivity index (χ0v) is 12.0. The van der Waals surface area contributed by atoms with Crippen LogP contribution in [0.2, 0.25) is 0 Å². The van der Waals surface area contributed by atoms with Crippen molar-refractivity contribution in [3.8, 4) is 11.3 Å². The van der Waals surface area contributed by atoms with E-state index in [0.29, 0.717) is 29.9 Å². The molecule has 1 aliphatic heterocycles. The molecule has 112 valence electrons. The number of β-amino-alcohol motifs (C(OH)–C–C–N with tert-alkyl or cyclic N) is 1. The van der Waals surface area contributed by atoms with E-state index in [0.717, 1.165) is 16.9 Å². The van der Waals surface area contributed by atoms with Gasteiger partial charge in [-0.1, -0.05) is 5.16 Å². The first-order chi connectivity index (χ1) is 10.6. The molecular formula is C16H14FN3O2. The number of anilines is 1. The van der Waals surface area contributed by atoms with Crippen LogP contribution >= 0.6 is 0 Å². The van der Waals surface area contributed by atoms with Gasteiger partial charge in [0, 0.05) is 18.7 Å². The Labute approximate surface area is 126 Å². The minimum absolute atomic E-state index is 0.280. The molecule has 3 aromatic rings. The summed E-state index contributed by atoms with van der Waals surface area (Å²) in [5.74, 6) is -0.280. The highest BCUT2D eigenvalue weighted by molar-refractivity contribution is 5.91. The molecule has 6 heteroatoms. The number of fused-ring (bicyclic) bond motifs is 1. The van der Waals surface area contributed by atoms with Gasteiger partial charge in [0.05, 0.1) is 17.5 Å². The van der Waals surface area contributed by atoms with Crippen molar-refractivity contribution in [2.45, 2.75) is 13.0 Å². The fourth-order valence-corrected chi connectivity index (χ4v) is 2.67. The molecule has 0 bridgehead atoms. The van der Waals surface area contributed by atoms with Gasteiger partial charge in [0.1, 0.15) is 17.0 Å². The molecule has 2 aromatic heterocycles. The van der Waals surface area contributed by atoms with E-state index in [4.69, 9.17) is 4.52 Å². The normalized spacial score (nSPS) is 15.3. The van der Waals surface area contributed by atoms with E-state index in [-0.39, 0.29) is 11.9 Å². The maximum absolute atomic E-state index is 13.1. The lowest BCUT2D eigenvalue weighted by Crippen LogP contribution is -2.50. The molecule has 1 aliphatic rings. The number of hydrogen-bond donors (Lipinski definition) is 1. The predicted octanol–water partition coefficient (Wildman–Crippen LogP) is 2.52. The van der Waals surface area contributed by atoms with Gasteiger partial charge < -0.3 is 14.5 Å². The minimum Gasteiger partial charge on any atom is -0.389 e. The highest BCUT2D eigenvalue weighted by atomic mass is 19.1. The van der Waals surface area contributed by atoms with Crippen molar-refractivity contribution in [2.75, 3.05) is 18.0 Å². The Bertz CT molecular complexity index is 838. The fraction of sp³-hybridized carbons (Fsp3) is 0.250. The van der Waals surface area contributed by atoms with Crippen molar-refractivity contribution in [3.63, 3.8) is 0 Å². The largest absolute Gasteiger partial charge is 0.389 e. The second-order valence-corrected chi connectivity index (χ2v) is 5.54. The summed E-state index contributed by atoms with van der Waals surface area (Å²) in [6, 6.07) is 8.11. The molecular weight excluding hydrogens is 285 g/mol. The SMILES string of the molecule is Cc1noc2c(N3CC(O)C3)cc(-c3ccc(F)cc3)nc12. The van der Waals surface area contributed by atoms with Crippen LogP contribution in [0.5, 0.6) is 0 Å². The molecule has 4 rings (SSSR count). The van der Waals surface area contributed by atoms with Crippen molar-refractivity contribution in [1.82, 2.24) is 10.1 Å². The summed E-state index contributed by atoms with van der Waals surface area (Å²) in [7, 11) is 0. The van der Waals surface area contributed by atoms with Crippen LogP contribution in [0.25, 0.3) is 22.4 Å². The molecule has 1 fully saturated rings. The molecule has 1 aromatic carbocycles. The second-order valence-electron chi connectivity index (χ2n) is 5.54. The van der Waals surface area contributed by atoms with Crippen molar-refractivity contribution >= 4 is 16.8 Å². The van der Waals surface area contributed by atoms with Gasteiger partial charge in [-0.05, 0) is 37.3 Å². The Morgan fingerprint density at radius 2 is 2.00 bits per heavy atom. The molecule has 3 heterocycles. The van der Waals surface area contributed by atoms with Crippen molar-refractivity contribution in [1.29, 1.82) is 0 Å². The topological polar surface area (TPSA) is 62.4 Å². The van der Waals surface area contributed by atoms with E-state index in [1.165, 1.54) is 12.1 Å². The summed E-state index contributed by atoms with van der Waals surface area (Å²) in [5.41, 5.74) is 4.44. The van der Waals surface area contributed by atoms with Crippen LogP contribution in [0.15, 0.2) is 34.9 Å². The average Bonchev–Trinajstić information content (AvgIpc) is 2.86. The van der Waals surface area contributed by atoms with Gasteiger partial charge in [0.25, 0.3) is 0 Å². The summed E-state index contributed by atoms with van der Waals surface area (Å²) < 4.78 is 18.5. The smallest absolute Gasteiger partial charge is 0.208 e. The average molecular weight is 299 g/mol. The summed E-state index contributed by atoms with van der Waals surface area (Å²) in [6.45, 7) is 2.95. The van der Waals surface area contributed by atoms with Gasteiger partial charge in [-0.2, -0.15) is 0 Å². The van der Waals surface area contributed by atoms with Gasteiger partial charge >= 0.3 is 0 Å². The molecule has 0 radical (unpaired) electrons. The van der Waals surface area contributed by atoms with Crippen LogP contribution in [0.1, 0.15) is 5.69 Å². The third-order valence-electron chi connectivity index (χ3n) is 3.91. The molecule has 0 saturated carbocycles. The maximum atomic E-state index is 13.1. The number of pyridine rings is 1. The first kappa shape index (κ1) is 13.2. The molecule has 0 atom stereocenters. The molecule has 5 nitrogen and oxygen atoms in total. The summed E-state index contributed by atoms with van der Waals surface area (Å²) in [4.78, 5) is 6.61. The van der Waals surface area contributed by atoms with E-state index >= 15 is 0 Å². The van der Waals surface area contributed by atoms with E-state index in [2.05, 4.69) is 10.1 Å². The zero-order valence-electron chi connectivity index (χ0n) is 12.0. The molecule has 0 aliphatic carbocycles. The van der Waals surface area contributed by atoms with Crippen molar-refractivity contribution in [3.05, 3.63) is 41.8 Å². The van der Waals surface area contributed by atoms with Crippen LogP contribution in [0, 0.1) is 12.7 Å². The van der Waals surface area contributed by atoms with E-state index in [9.17, 15) is 9.50 Å². The monoisotopic (exact) mass is 299 g/mol. The molecule has 0 amide bonds. The number of aromatic nitrogens is 2. The lowest BCUT2D eigenvalue weighted by molar-refractivity contribution is 0.142. The summed E-state index contributed by atoms with van der Waals surface area (Å²) in [6.07, 6.45) is -0.318. The van der Waals surface area contributed by atoms with Gasteiger partial charge in [-0.15, -0.1) is 0 Å². The number of halogens is 1. The third kappa shape index (κ3) is 2.03. The lowest BCUT2D eigenvalue weighted by Gasteiger charge is -2.37. The Morgan fingerprint density at radius 1 is 1.27 bits per heavy atom. The van der Waals surface area contributed by atoms with Crippen molar-refractivity contribution < 1.29 is 14.0 Å². The number of hydrogen-bond acceptors (Lipinski definition) is 5. The van der Waals surface area contributed by atoms with Gasteiger partial charge in [0.15, 0.2) is 0 Å². The predicted molar refractivity (Wildman–Crippen MR) is 80.2 cm³/mol. The van der Waals surface area contributed by atoms with E-state index in [1.807, 2.05) is 17.9 Å². The van der Waals surface area contributed by atoms with Gasteiger partial charge in [-0.25, -0.2) is 9.37 Å². The lowest BCUT2D eigenvalue weighted by atomic mass is 10.1. The number of benzene rings is 1. The van der Waals surface area contributed by atoms with Gasteiger partial charge in [-0.3, -0.25) is 0 Å². The fourth-order valence-electron chi connectivity index (χ4n) is 2.67. The Balaban J connectivity index is 1.88. The Kier molecular flexibility index (Phi) is 2.87. The molecule has 1 saturated heterocycles. The number of nitrogens with zero attached hydrogens (tertiary/aromatic N) is 3. The quantitative estimate of drug-likeness (QED) is 0.788. The highest BCUT2D eigenvalue weighted by Gasteiger charge is 2.28. The molecule has 0 spiro atoms. The number of aryl methyl sites for hydroxylation is 1. The summed E-state index contributed by atoms with van der Waals surface area (Å²) in [5, 5.41) is 13.5. The van der Waals surface area contributed by atoms with Crippen molar-refractivity contribution in [2.24, 2.45) is 0 Å². The number of aliphatic hydroxyl groups is 1. The van der Waals surface area contributed by atoms with Crippen LogP contribution in [0.4, 0.5) is 10.1 Å². The highest BCUT2D eigenvalue weighted by Crippen LogP contribution is 2.34. The molecule has 1 N–H and O–H groups in total.